The van der Waals surface area contributed by atoms with E-state index >= 15 is 0 Å². The highest BCUT2D eigenvalue weighted by Crippen LogP contribution is 2.24. The molecule has 0 unspecified atom stereocenters. The highest BCUT2D eigenvalue weighted by Gasteiger charge is 2.25. The van der Waals surface area contributed by atoms with Gasteiger partial charge in [-0.15, -0.1) is 0 Å². The summed E-state index contributed by atoms with van der Waals surface area (Å²) in [6.07, 6.45) is 6.38. The van der Waals surface area contributed by atoms with Crippen molar-refractivity contribution in [1.82, 2.24) is 14.4 Å². The highest BCUT2D eigenvalue weighted by molar-refractivity contribution is 7.89. The van der Waals surface area contributed by atoms with Crippen molar-refractivity contribution in [3.63, 3.8) is 0 Å². The molecule has 0 aliphatic carbocycles. The van der Waals surface area contributed by atoms with E-state index in [0.717, 1.165) is 24.8 Å². The summed E-state index contributed by atoms with van der Waals surface area (Å²) in [6.45, 7) is 1.16. The molecule has 1 saturated heterocycles. The molecule has 3 aromatic rings. The Morgan fingerprint density at radius 2 is 1.69 bits per heavy atom. The van der Waals surface area contributed by atoms with Crippen LogP contribution >= 0.6 is 11.6 Å². The normalized spacial score (nSPS) is 15.8. The van der Waals surface area contributed by atoms with Crippen molar-refractivity contribution in [2.24, 2.45) is 0 Å². The van der Waals surface area contributed by atoms with E-state index in [1.165, 1.54) is 0 Å². The van der Waals surface area contributed by atoms with Gasteiger partial charge >= 0.3 is 0 Å². The third-order valence-electron chi connectivity index (χ3n) is 4.82. The third-order valence-corrected chi connectivity index (χ3v) is 7.07. The predicted molar refractivity (Wildman–Crippen MR) is 113 cm³/mol. The van der Waals surface area contributed by atoms with Gasteiger partial charge in [-0.2, -0.15) is 9.29 Å². The molecule has 8 heteroatoms. The SMILES string of the molecule is O=S(=O)(c1ccc(-c2noc(/C=C/c3ccccc3Cl)n2)cc1)N1CCCCC1. The second-order valence-corrected chi connectivity index (χ2v) is 9.15. The summed E-state index contributed by atoms with van der Waals surface area (Å²) >= 11 is 6.13. The second kappa shape index (κ2) is 8.49. The van der Waals surface area contributed by atoms with Crippen molar-refractivity contribution in [2.75, 3.05) is 13.1 Å². The zero-order chi connectivity index (χ0) is 20.3. The molecule has 6 nitrogen and oxygen atoms in total. The first kappa shape index (κ1) is 19.8. The molecule has 0 saturated carbocycles. The Bertz CT molecular complexity index is 1120. The van der Waals surface area contributed by atoms with Gasteiger partial charge in [0.15, 0.2) is 0 Å². The maximum atomic E-state index is 12.7. The number of rotatable bonds is 5. The van der Waals surface area contributed by atoms with Crippen LogP contribution in [0.5, 0.6) is 0 Å². The van der Waals surface area contributed by atoms with E-state index in [9.17, 15) is 8.42 Å². The lowest BCUT2D eigenvalue weighted by molar-refractivity contribution is 0.346. The first-order valence-electron chi connectivity index (χ1n) is 9.41. The zero-order valence-corrected chi connectivity index (χ0v) is 17.2. The molecule has 0 N–H and O–H groups in total. The molecule has 0 atom stereocenters. The largest absolute Gasteiger partial charge is 0.334 e. The molecule has 150 valence electrons. The van der Waals surface area contributed by atoms with Crippen LogP contribution in [0.3, 0.4) is 0 Å². The predicted octanol–water partition coefficient (Wildman–Crippen LogP) is 4.74. The lowest BCUT2D eigenvalue weighted by Crippen LogP contribution is -2.35. The first-order valence-corrected chi connectivity index (χ1v) is 11.2. The van der Waals surface area contributed by atoms with Crippen molar-refractivity contribution in [2.45, 2.75) is 24.2 Å². The number of hydrogen-bond donors (Lipinski definition) is 0. The Balaban J connectivity index is 1.51. The minimum absolute atomic E-state index is 0.283. The smallest absolute Gasteiger partial charge is 0.250 e. The summed E-state index contributed by atoms with van der Waals surface area (Å²) in [5.74, 6) is 0.732. The Kier molecular flexibility index (Phi) is 5.80. The van der Waals surface area contributed by atoms with Crippen molar-refractivity contribution in [1.29, 1.82) is 0 Å². The number of nitrogens with zero attached hydrogens (tertiary/aromatic N) is 3. The van der Waals surface area contributed by atoms with Crippen molar-refractivity contribution in [3.8, 4) is 11.4 Å². The van der Waals surface area contributed by atoms with Crippen LogP contribution in [0, 0.1) is 0 Å². The average molecular weight is 430 g/mol. The van der Waals surface area contributed by atoms with Gasteiger partial charge in [0.2, 0.25) is 15.8 Å². The van der Waals surface area contributed by atoms with E-state index in [2.05, 4.69) is 10.1 Å². The average Bonchev–Trinajstić information content (AvgIpc) is 3.23. The summed E-state index contributed by atoms with van der Waals surface area (Å²) in [5.41, 5.74) is 1.53. The lowest BCUT2D eigenvalue weighted by Gasteiger charge is -2.25. The van der Waals surface area contributed by atoms with E-state index in [1.807, 2.05) is 18.2 Å². The van der Waals surface area contributed by atoms with Gasteiger partial charge in [-0.3, -0.25) is 0 Å². The van der Waals surface area contributed by atoms with Crippen molar-refractivity contribution < 1.29 is 12.9 Å². The molecular weight excluding hydrogens is 410 g/mol. The van der Waals surface area contributed by atoms with Gasteiger partial charge in [0.25, 0.3) is 5.89 Å². The number of sulfonamides is 1. The van der Waals surface area contributed by atoms with Crippen molar-refractivity contribution >= 4 is 33.8 Å². The molecule has 1 aliphatic rings. The van der Waals surface area contributed by atoms with Gasteiger partial charge in [0, 0.05) is 29.8 Å². The van der Waals surface area contributed by atoms with Gasteiger partial charge in [-0.1, -0.05) is 41.4 Å². The van der Waals surface area contributed by atoms with Crippen LogP contribution in [0.1, 0.15) is 30.7 Å². The maximum Gasteiger partial charge on any atom is 0.250 e. The van der Waals surface area contributed by atoms with E-state index in [0.29, 0.717) is 35.4 Å². The Morgan fingerprint density at radius 3 is 2.41 bits per heavy atom. The first-order chi connectivity index (χ1) is 14.0. The zero-order valence-electron chi connectivity index (χ0n) is 15.7. The summed E-state index contributed by atoms with van der Waals surface area (Å²) in [6, 6.07) is 14.0. The fraction of sp³-hybridized carbons (Fsp3) is 0.238. The molecule has 0 spiro atoms. The molecule has 1 aliphatic heterocycles. The Hall–Kier alpha value is -2.48. The van der Waals surface area contributed by atoms with E-state index in [-0.39, 0.29) is 4.90 Å². The quantitative estimate of drug-likeness (QED) is 0.585. The minimum Gasteiger partial charge on any atom is -0.334 e. The lowest BCUT2D eigenvalue weighted by atomic mass is 10.2. The molecule has 1 aromatic heterocycles. The fourth-order valence-corrected chi connectivity index (χ4v) is 4.94. The van der Waals surface area contributed by atoms with E-state index in [1.54, 1.807) is 46.8 Å². The molecule has 0 bridgehead atoms. The molecule has 2 heterocycles. The van der Waals surface area contributed by atoms with Gasteiger partial charge in [0.1, 0.15) is 0 Å². The van der Waals surface area contributed by atoms with E-state index in [4.69, 9.17) is 16.1 Å². The summed E-state index contributed by atoms with van der Waals surface area (Å²) in [7, 11) is -3.45. The topological polar surface area (TPSA) is 76.3 Å². The number of piperidine rings is 1. The summed E-state index contributed by atoms with van der Waals surface area (Å²) < 4.78 is 32.3. The molecular formula is C21H20ClN3O3S. The van der Waals surface area contributed by atoms with Crippen LogP contribution in [-0.2, 0) is 10.0 Å². The molecule has 0 radical (unpaired) electrons. The van der Waals surface area contributed by atoms with E-state index < -0.39 is 10.0 Å². The summed E-state index contributed by atoms with van der Waals surface area (Å²) in [5, 5.41) is 4.61. The van der Waals surface area contributed by atoms with Crippen LogP contribution in [0.4, 0.5) is 0 Å². The number of aromatic nitrogens is 2. The van der Waals surface area contributed by atoms with Crippen LogP contribution < -0.4 is 0 Å². The summed E-state index contributed by atoms with van der Waals surface area (Å²) in [4.78, 5) is 4.62. The van der Waals surface area contributed by atoms with Crippen molar-refractivity contribution in [3.05, 3.63) is 65.0 Å². The third kappa shape index (κ3) is 4.42. The monoisotopic (exact) mass is 429 g/mol. The molecule has 4 rings (SSSR count). The van der Waals surface area contributed by atoms with Crippen LogP contribution in [0.15, 0.2) is 57.9 Å². The minimum atomic E-state index is -3.45. The fourth-order valence-electron chi connectivity index (χ4n) is 3.22. The molecule has 29 heavy (non-hydrogen) atoms. The number of hydrogen-bond acceptors (Lipinski definition) is 5. The highest BCUT2D eigenvalue weighted by atomic mass is 35.5. The molecule has 0 amide bonds. The number of halogens is 1. The van der Waals surface area contributed by atoms with Gasteiger partial charge < -0.3 is 4.52 Å². The van der Waals surface area contributed by atoms with Crippen LogP contribution in [-0.4, -0.2) is 36.0 Å². The Labute approximate surface area is 174 Å². The Morgan fingerprint density at radius 1 is 0.966 bits per heavy atom. The van der Waals surface area contributed by atoms with Gasteiger partial charge in [-0.05, 0) is 54.8 Å². The maximum absolute atomic E-state index is 12.7. The van der Waals surface area contributed by atoms with Crippen LogP contribution in [0.2, 0.25) is 5.02 Å². The van der Waals surface area contributed by atoms with Gasteiger partial charge in [-0.25, -0.2) is 8.42 Å². The standard InChI is InChI=1S/C21H20ClN3O3S/c22-19-7-3-2-6-16(19)10-13-20-23-21(24-28-20)17-8-11-18(12-9-17)29(26,27)25-14-4-1-5-15-25/h2-3,6-13H,1,4-5,14-15H2/b13-10+. The second-order valence-electron chi connectivity index (χ2n) is 6.80. The van der Waals surface area contributed by atoms with Crippen LogP contribution in [0.25, 0.3) is 23.5 Å². The van der Waals surface area contributed by atoms with Gasteiger partial charge in [0.05, 0.1) is 4.90 Å². The molecule has 1 fully saturated rings. The number of benzene rings is 2. The molecule has 2 aromatic carbocycles.